The van der Waals surface area contributed by atoms with Gasteiger partial charge in [0.15, 0.2) is 28.8 Å². The quantitative estimate of drug-likeness (QED) is 0.119. The molecule has 0 unspecified atom stereocenters. The summed E-state index contributed by atoms with van der Waals surface area (Å²) in [6, 6.07) is 6.91. The van der Waals surface area contributed by atoms with E-state index in [1.54, 1.807) is 22.8 Å². The minimum atomic E-state index is -0.176. The highest BCUT2D eigenvalue weighted by molar-refractivity contribution is 6.27. The second-order valence-electron chi connectivity index (χ2n) is 10.5. The summed E-state index contributed by atoms with van der Waals surface area (Å²) < 4.78 is 23.8. The molecule has 0 saturated heterocycles. The molecule has 0 radical (unpaired) electrons. The van der Waals surface area contributed by atoms with E-state index in [-0.39, 0.29) is 67.8 Å². The van der Waals surface area contributed by atoms with Crippen molar-refractivity contribution in [2.45, 2.75) is 32.2 Å². The molecule has 11 nitrogen and oxygen atoms in total. The number of methoxy groups -OCH3 is 2. The van der Waals surface area contributed by atoms with Crippen LogP contribution in [0.25, 0.3) is 22.0 Å². The van der Waals surface area contributed by atoms with Gasteiger partial charge in [0.2, 0.25) is 6.79 Å². The third-order valence-corrected chi connectivity index (χ3v) is 7.72. The number of benzene rings is 2. The van der Waals surface area contributed by atoms with E-state index in [2.05, 4.69) is 16.0 Å². The van der Waals surface area contributed by atoms with Gasteiger partial charge in [0, 0.05) is 23.1 Å². The number of carbonyl (C=O) groups excluding carboxylic acids is 1. The number of pyridine rings is 1. The smallest absolute Gasteiger partial charge is 0.259 e. The first-order valence-corrected chi connectivity index (χ1v) is 14.7. The van der Waals surface area contributed by atoms with Crippen LogP contribution in [-0.4, -0.2) is 77.2 Å². The second-order valence-corrected chi connectivity index (χ2v) is 10.5. The van der Waals surface area contributed by atoms with E-state index in [0.29, 0.717) is 62.7 Å². The molecule has 0 bridgehead atoms. The summed E-state index contributed by atoms with van der Waals surface area (Å²) >= 11 is 0. The van der Waals surface area contributed by atoms with E-state index in [0.717, 1.165) is 71.5 Å². The van der Waals surface area contributed by atoms with E-state index in [1.165, 1.54) is 14.2 Å². The van der Waals surface area contributed by atoms with Gasteiger partial charge in [-0.25, -0.2) is 0 Å². The van der Waals surface area contributed by atoms with Crippen molar-refractivity contribution in [2.24, 2.45) is 5.73 Å². The van der Waals surface area contributed by atoms with Crippen molar-refractivity contribution in [3.8, 4) is 34.3 Å². The molecule has 3 aromatic rings. The molecule has 1 aliphatic carbocycles. The maximum Gasteiger partial charge on any atom is 0.259 e. The Kier molecular flexibility index (Phi) is 18.1. The summed E-state index contributed by atoms with van der Waals surface area (Å²) in [5, 5.41) is 11.3. The molecular weight excluding hydrogens is 680 g/mol. The lowest BCUT2D eigenvalue weighted by atomic mass is 10.0. The number of rotatable bonds is 17. The van der Waals surface area contributed by atoms with E-state index >= 15 is 0 Å². The Balaban J connectivity index is 0.00000264. The third kappa shape index (κ3) is 8.90. The number of ether oxygens (including phenoxy) is 4. The minimum Gasteiger partial charge on any atom is -0.493 e. The van der Waals surface area contributed by atoms with Crippen LogP contribution in [0.3, 0.4) is 0 Å². The van der Waals surface area contributed by atoms with Gasteiger partial charge in [-0.2, -0.15) is 0 Å². The number of nitrogens with zero attached hydrogens (tertiary/aromatic N) is 1. The van der Waals surface area contributed by atoms with Gasteiger partial charge in [-0.05, 0) is 95.8 Å². The van der Waals surface area contributed by atoms with Crippen molar-refractivity contribution >= 4 is 66.2 Å². The molecule has 0 amide bonds. The van der Waals surface area contributed by atoms with Crippen molar-refractivity contribution in [1.82, 2.24) is 20.5 Å². The molecule has 2 aromatic carbocycles. The van der Waals surface area contributed by atoms with Gasteiger partial charge in [0.1, 0.15) is 0 Å². The predicted molar refractivity (Wildman–Crippen MR) is 191 cm³/mol. The van der Waals surface area contributed by atoms with Gasteiger partial charge in [-0.1, -0.05) is 0 Å². The Morgan fingerprint density at radius 1 is 0.717 bits per heavy atom. The summed E-state index contributed by atoms with van der Waals surface area (Å²) in [7, 11) is 3.06. The summed E-state index contributed by atoms with van der Waals surface area (Å²) in [6.07, 6.45) is 3.84. The maximum absolute atomic E-state index is 13.9. The molecule has 46 heavy (non-hydrogen) atoms. The predicted octanol–water partition coefficient (Wildman–Crippen LogP) is 3.93. The number of hydrogen-bond acceptors (Lipinski definition) is 10. The molecule has 1 aromatic heterocycles. The first-order chi connectivity index (χ1) is 20.6. The van der Waals surface area contributed by atoms with Gasteiger partial charge >= 0.3 is 0 Å². The van der Waals surface area contributed by atoms with Gasteiger partial charge in [0.25, 0.3) is 5.56 Å². The number of aromatic nitrogens is 1. The van der Waals surface area contributed by atoms with Gasteiger partial charge in [-0.15, -0.1) is 49.6 Å². The fourth-order valence-corrected chi connectivity index (χ4v) is 5.60. The number of ketones is 1. The molecule has 258 valence electrons. The zero-order valence-electron chi connectivity index (χ0n) is 26.1. The number of nitrogens with two attached hydrogens (primary N) is 1. The fourth-order valence-electron chi connectivity index (χ4n) is 5.60. The van der Waals surface area contributed by atoms with Crippen LogP contribution in [0, 0.1) is 0 Å². The average molecular weight is 726 g/mol. The standard InChI is InChI=1S/C31H41N5O6.4ClH/c1-39-24-15-20-23(18-25(24)40-2)31(38)36(14-6-13-35-12-5-11-34-10-4-9-33-8-3-7-32)29-21-16-26-27(42-19-41-26)17-22(21)30(37)28(20)29;;;;/h15-18,33-35H,3-14,19,32H2,1-2H3;4*1H. The molecule has 2 aliphatic rings. The molecule has 5 rings (SSSR count). The number of hydrogen-bond donors (Lipinski definition) is 4. The van der Waals surface area contributed by atoms with Crippen molar-refractivity contribution in [3.05, 3.63) is 45.7 Å². The number of carbonyl (C=O) groups is 1. The first-order valence-electron chi connectivity index (χ1n) is 14.7. The van der Waals surface area contributed by atoms with E-state index in [4.69, 9.17) is 24.7 Å². The monoisotopic (exact) mass is 723 g/mol. The summed E-state index contributed by atoms with van der Waals surface area (Å²) in [5.41, 5.74) is 7.60. The van der Waals surface area contributed by atoms with Crippen molar-refractivity contribution in [1.29, 1.82) is 0 Å². The fraction of sp³-hybridized carbons (Fsp3) is 0.484. The normalized spacial score (nSPS) is 11.9. The SMILES string of the molecule is COc1cc2c3c(n(CCCNCCCNCCCNCCCN)c(=O)c2cc1OC)-c1cc2c(cc1C3=O)OCO2.Cl.Cl.Cl.Cl. The largest absolute Gasteiger partial charge is 0.493 e. The molecule has 15 heteroatoms. The average Bonchev–Trinajstić information content (AvgIpc) is 3.58. The lowest BCUT2D eigenvalue weighted by molar-refractivity contribution is 0.104. The van der Waals surface area contributed by atoms with Crippen molar-refractivity contribution in [2.75, 3.05) is 66.8 Å². The molecular formula is C31H45Cl4N5O6. The highest BCUT2D eigenvalue weighted by atomic mass is 35.5. The second kappa shape index (κ2) is 20.0. The van der Waals surface area contributed by atoms with Crippen LogP contribution in [0.1, 0.15) is 41.6 Å². The van der Waals surface area contributed by atoms with Crippen molar-refractivity contribution in [3.63, 3.8) is 0 Å². The zero-order chi connectivity index (χ0) is 29.5. The molecule has 2 heterocycles. The highest BCUT2D eigenvalue weighted by Gasteiger charge is 2.35. The lowest BCUT2D eigenvalue weighted by Gasteiger charge is -2.17. The lowest BCUT2D eigenvalue weighted by Crippen LogP contribution is -2.27. The molecule has 0 fully saturated rings. The summed E-state index contributed by atoms with van der Waals surface area (Å²) in [4.78, 5) is 27.7. The third-order valence-electron chi connectivity index (χ3n) is 7.72. The molecule has 1 aliphatic heterocycles. The van der Waals surface area contributed by atoms with Crippen LogP contribution in [0.4, 0.5) is 0 Å². The highest BCUT2D eigenvalue weighted by Crippen LogP contribution is 2.46. The molecule has 5 N–H and O–H groups in total. The Labute approximate surface area is 294 Å². The van der Waals surface area contributed by atoms with Gasteiger partial charge in [0.05, 0.1) is 30.9 Å². The van der Waals surface area contributed by atoms with Crippen LogP contribution in [0.5, 0.6) is 23.0 Å². The number of fused-ring (bicyclic) bond motifs is 6. The van der Waals surface area contributed by atoms with E-state index < -0.39 is 0 Å². The Hall–Kier alpha value is -2.48. The number of nitrogens with one attached hydrogen (secondary N) is 3. The topological polar surface area (TPSA) is 138 Å². The van der Waals surface area contributed by atoms with Crippen LogP contribution in [0.2, 0.25) is 0 Å². The van der Waals surface area contributed by atoms with Crippen molar-refractivity contribution < 1.29 is 23.7 Å². The number of halogens is 4. The Morgan fingerprint density at radius 3 is 1.76 bits per heavy atom. The molecule has 0 saturated carbocycles. The summed E-state index contributed by atoms with van der Waals surface area (Å²) in [6.45, 7) is 6.84. The first kappa shape index (κ1) is 41.5. The van der Waals surface area contributed by atoms with E-state index in [1.807, 2.05) is 6.07 Å². The van der Waals surface area contributed by atoms with Crippen LogP contribution in [0.15, 0.2) is 29.1 Å². The Bertz CT molecular complexity index is 1510. The maximum atomic E-state index is 13.9. The Morgan fingerprint density at radius 2 is 1.22 bits per heavy atom. The molecule has 0 spiro atoms. The van der Waals surface area contributed by atoms with Gasteiger partial charge < -0.3 is 45.2 Å². The molecule has 0 atom stereocenters. The van der Waals surface area contributed by atoms with Crippen LogP contribution in [-0.2, 0) is 6.54 Å². The minimum absolute atomic E-state index is 0. The van der Waals surface area contributed by atoms with Crippen LogP contribution >= 0.6 is 49.6 Å². The van der Waals surface area contributed by atoms with E-state index in [9.17, 15) is 9.59 Å². The van der Waals surface area contributed by atoms with Gasteiger partial charge in [-0.3, -0.25) is 9.59 Å². The summed E-state index contributed by atoms with van der Waals surface area (Å²) in [5.74, 6) is 1.85. The zero-order valence-corrected chi connectivity index (χ0v) is 29.4. The van der Waals surface area contributed by atoms with Crippen LogP contribution < -0.4 is 46.2 Å².